The Balaban J connectivity index is 2.19. The number of fused-ring (bicyclic) bond motifs is 1. The number of nitrogens with two attached hydrogens (primary N) is 1. The minimum atomic E-state index is -0.353. The molecule has 0 aliphatic heterocycles. The highest BCUT2D eigenvalue weighted by molar-refractivity contribution is 5.56. The van der Waals surface area contributed by atoms with Crippen molar-refractivity contribution < 1.29 is 4.92 Å². The molecule has 6 nitrogen and oxygen atoms in total. The molecular formula is C14H16N4O2. The lowest BCUT2D eigenvalue weighted by Crippen LogP contribution is -2.05. The molecule has 0 bridgehead atoms. The molecule has 1 aliphatic carbocycles. The summed E-state index contributed by atoms with van der Waals surface area (Å²) in [4.78, 5) is 10.6. The van der Waals surface area contributed by atoms with E-state index in [2.05, 4.69) is 5.10 Å². The lowest BCUT2D eigenvalue weighted by molar-refractivity contribution is -0.385. The van der Waals surface area contributed by atoms with Crippen LogP contribution in [0.3, 0.4) is 0 Å². The summed E-state index contributed by atoms with van der Waals surface area (Å²) < 4.78 is 1.85. The van der Waals surface area contributed by atoms with Crippen LogP contribution in [0.5, 0.6) is 0 Å². The lowest BCUT2D eigenvalue weighted by atomic mass is 10.1. The van der Waals surface area contributed by atoms with Crippen LogP contribution in [0.2, 0.25) is 0 Å². The zero-order valence-electron chi connectivity index (χ0n) is 11.5. The molecule has 0 saturated heterocycles. The van der Waals surface area contributed by atoms with E-state index in [0.29, 0.717) is 11.4 Å². The third-order valence-electron chi connectivity index (χ3n) is 3.90. The highest BCUT2D eigenvalue weighted by Crippen LogP contribution is 2.32. The van der Waals surface area contributed by atoms with Crippen molar-refractivity contribution in [3.8, 4) is 5.69 Å². The molecule has 1 aromatic carbocycles. The number of nitrogen functional groups attached to an aromatic ring is 1. The maximum Gasteiger partial charge on any atom is 0.272 e. The van der Waals surface area contributed by atoms with Crippen molar-refractivity contribution in [2.24, 2.45) is 0 Å². The van der Waals surface area contributed by atoms with Gasteiger partial charge in [-0.2, -0.15) is 5.10 Å². The molecule has 6 heteroatoms. The first-order valence-electron chi connectivity index (χ1n) is 6.61. The van der Waals surface area contributed by atoms with E-state index in [9.17, 15) is 10.1 Å². The Morgan fingerprint density at radius 2 is 2.05 bits per heavy atom. The van der Waals surface area contributed by atoms with Gasteiger partial charge in [-0.1, -0.05) is 0 Å². The fourth-order valence-corrected chi connectivity index (χ4v) is 2.88. The Morgan fingerprint density at radius 1 is 1.30 bits per heavy atom. The van der Waals surface area contributed by atoms with Crippen molar-refractivity contribution in [2.75, 3.05) is 5.73 Å². The number of nitro groups is 1. The lowest BCUT2D eigenvalue weighted by Gasteiger charge is -2.10. The molecule has 2 N–H and O–H groups in total. The van der Waals surface area contributed by atoms with E-state index in [4.69, 9.17) is 5.73 Å². The average Bonchev–Trinajstić information content (AvgIpc) is 2.96. The maximum atomic E-state index is 11.0. The number of anilines is 1. The summed E-state index contributed by atoms with van der Waals surface area (Å²) in [6.07, 6.45) is 3.00. The predicted octanol–water partition coefficient (Wildman–Crippen LogP) is 2.47. The first-order valence-corrected chi connectivity index (χ1v) is 6.61. The highest BCUT2D eigenvalue weighted by atomic mass is 16.6. The van der Waals surface area contributed by atoms with Crippen molar-refractivity contribution in [2.45, 2.75) is 33.1 Å². The van der Waals surface area contributed by atoms with Crippen molar-refractivity contribution in [1.29, 1.82) is 0 Å². The molecule has 3 rings (SSSR count). The minimum Gasteiger partial charge on any atom is -0.382 e. The topological polar surface area (TPSA) is 87.0 Å². The molecule has 0 fully saturated rings. The van der Waals surface area contributed by atoms with E-state index in [1.165, 1.54) is 0 Å². The van der Waals surface area contributed by atoms with Gasteiger partial charge in [-0.15, -0.1) is 0 Å². The van der Waals surface area contributed by atoms with Crippen molar-refractivity contribution in [3.05, 3.63) is 44.6 Å². The zero-order chi connectivity index (χ0) is 14.4. The highest BCUT2D eigenvalue weighted by Gasteiger charge is 2.23. The quantitative estimate of drug-likeness (QED) is 0.672. The van der Waals surface area contributed by atoms with Crippen LogP contribution in [0.4, 0.5) is 11.5 Å². The predicted molar refractivity (Wildman–Crippen MR) is 76.1 cm³/mol. The SMILES string of the molecule is Cc1cc([N+](=O)[O-])c(C)cc1-n1nc(N)c2c1CCC2. The second-order valence-electron chi connectivity index (χ2n) is 5.26. The number of benzene rings is 1. The van der Waals surface area contributed by atoms with Gasteiger partial charge in [0, 0.05) is 22.9 Å². The van der Waals surface area contributed by atoms with E-state index in [0.717, 1.165) is 41.8 Å². The summed E-state index contributed by atoms with van der Waals surface area (Å²) in [5, 5.41) is 15.4. The smallest absolute Gasteiger partial charge is 0.272 e. The Morgan fingerprint density at radius 3 is 2.75 bits per heavy atom. The minimum absolute atomic E-state index is 0.142. The summed E-state index contributed by atoms with van der Waals surface area (Å²) >= 11 is 0. The number of nitrogens with zero attached hydrogens (tertiary/aromatic N) is 3. The van der Waals surface area contributed by atoms with Crippen LogP contribution in [0, 0.1) is 24.0 Å². The normalized spacial score (nSPS) is 13.5. The van der Waals surface area contributed by atoms with E-state index in [1.54, 1.807) is 13.0 Å². The Labute approximate surface area is 116 Å². The monoisotopic (exact) mass is 272 g/mol. The molecule has 0 saturated carbocycles. The van der Waals surface area contributed by atoms with Crippen LogP contribution < -0.4 is 5.73 Å². The first kappa shape index (κ1) is 12.7. The summed E-state index contributed by atoms with van der Waals surface area (Å²) in [5.41, 5.74) is 10.7. The molecule has 2 aromatic rings. The van der Waals surface area contributed by atoms with Gasteiger partial charge in [0.25, 0.3) is 5.69 Å². The Hall–Kier alpha value is -2.37. The van der Waals surface area contributed by atoms with Gasteiger partial charge in [-0.05, 0) is 44.7 Å². The first-order chi connectivity index (χ1) is 9.49. The fourth-order valence-electron chi connectivity index (χ4n) is 2.88. The molecule has 0 unspecified atom stereocenters. The largest absolute Gasteiger partial charge is 0.382 e. The summed E-state index contributed by atoms with van der Waals surface area (Å²) in [6, 6.07) is 3.42. The van der Waals surface area contributed by atoms with Crippen LogP contribution in [-0.2, 0) is 12.8 Å². The summed E-state index contributed by atoms with van der Waals surface area (Å²) in [7, 11) is 0. The molecule has 104 valence electrons. The average molecular weight is 272 g/mol. The second-order valence-corrected chi connectivity index (χ2v) is 5.26. The van der Waals surface area contributed by atoms with Crippen LogP contribution in [0.15, 0.2) is 12.1 Å². The summed E-state index contributed by atoms with van der Waals surface area (Å²) in [6.45, 7) is 3.61. The number of nitro benzene ring substituents is 1. The Bertz CT molecular complexity index is 718. The molecule has 0 radical (unpaired) electrons. The van der Waals surface area contributed by atoms with Gasteiger partial charge in [0.15, 0.2) is 0 Å². The third kappa shape index (κ3) is 1.76. The second kappa shape index (κ2) is 4.33. The number of aryl methyl sites for hydroxylation is 2. The molecule has 0 amide bonds. The van der Waals surface area contributed by atoms with Gasteiger partial charge < -0.3 is 5.73 Å². The Kier molecular flexibility index (Phi) is 2.74. The van der Waals surface area contributed by atoms with Crippen LogP contribution in [0.25, 0.3) is 5.69 Å². The van der Waals surface area contributed by atoms with Gasteiger partial charge in [-0.3, -0.25) is 10.1 Å². The molecule has 0 spiro atoms. The molecule has 20 heavy (non-hydrogen) atoms. The van der Waals surface area contributed by atoms with Crippen LogP contribution in [0.1, 0.15) is 28.8 Å². The molecule has 1 aromatic heterocycles. The maximum absolute atomic E-state index is 11.0. The molecule has 0 atom stereocenters. The number of hydrogen-bond donors (Lipinski definition) is 1. The number of hydrogen-bond acceptors (Lipinski definition) is 4. The fraction of sp³-hybridized carbons (Fsp3) is 0.357. The number of rotatable bonds is 2. The zero-order valence-corrected chi connectivity index (χ0v) is 11.5. The van der Waals surface area contributed by atoms with E-state index in [1.807, 2.05) is 17.7 Å². The van der Waals surface area contributed by atoms with Gasteiger partial charge in [0.05, 0.1) is 10.6 Å². The van der Waals surface area contributed by atoms with E-state index < -0.39 is 0 Å². The van der Waals surface area contributed by atoms with Crippen LogP contribution >= 0.6 is 0 Å². The van der Waals surface area contributed by atoms with Gasteiger partial charge in [0.1, 0.15) is 5.82 Å². The molecule has 1 heterocycles. The molecule has 1 aliphatic rings. The van der Waals surface area contributed by atoms with Gasteiger partial charge in [0.2, 0.25) is 0 Å². The van der Waals surface area contributed by atoms with Gasteiger partial charge >= 0.3 is 0 Å². The van der Waals surface area contributed by atoms with Crippen molar-refractivity contribution in [1.82, 2.24) is 9.78 Å². The number of aromatic nitrogens is 2. The van der Waals surface area contributed by atoms with E-state index >= 15 is 0 Å². The van der Waals surface area contributed by atoms with Crippen molar-refractivity contribution in [3.63, 3.8) is 0 Å². The van der Waals surface area contributed by atoms with Crippen LogP contribution in [-0.4, -0.2) is 14.7 Å². The standard InChI is InChI=1S/C14H16N4O2/c1-8-7-13(18(19)20)9(2)6-12(8)17-11-5-3-4-10(11)14(15)16-17/h6-7H,3-5H2,1-2H3,(H2,15,16). The molecular weight excluding hydrogens is 256 g/mol. The van der Waals surface area contributed by atoms with E-state index in [-0.39, 0.29) is 10.6 Å². The van der Waals surface area contributed by atoms with Crippen molar-refractivity contribution >= 4 is 11.5 Å². The third-order valence-corrected chi connectivity index (χ3v) is 3.90. The summed E-state index contributed by atoms with van der Waals surface area (Å²) in [5.74, 6) is 0.577. The van der Waals surface area contributed by atoms with Gasteiger partial charge in [-0.25, -0.2) is 4.68 Å².